The van der Waals surface area contributed by atoms with Gasteiger partial charge in [-0.05, 0) is 52.1 Å². The van der Waals surface area contributed by atoms with Crippen molar-refractivity contribution < 1.29 is 9.66 Å². The zero-order valence-electron chi connectivity index (χ0n) is 22.4. The van der Waals surface area contributed by atoms with Gasteiger partial charge in [0.05, 0.1) is 23.4 Å². The van der Waals surface area contributed by atoms with Gasteiger partial charge in [0, 0.05) is 50.1 Å². The van der Waals surface area contributed by atoms with E-state index in [2.05, 4.69) is 26.3 Å². The van der Waals surface area contributed by atoms with E-state index in [0.717, 1.165) is 42.3 Å². The van der Waals surface area contributed by atoms with Gasteiger partial charge in [-0.2, -0.15) is 9.97 Å². The number of rotatable bonds is 9. The van der Waals surface area contributed by atoms with E-state index in [-0.39, 0.29) is 22.8 Å². The molecule has 0 bridgehead atoms. The van der Waals surface area contributed by atoms with Crippen molar-refractivity contribution >= 4 is 34.6 Å². The summed E-state index contributed by atoms with van der Waals surface area (Å²) in [6.07, 6.45) is 5.11. The van der Waals surface area contributed by atoms with Crippen LogP contribution in [0.5, 0.6) is 5.88 Å². The number of methoxy groups -OCH3 is 1. The first-order valence-electron chi connectivity index (χ1n) is 12.7. The van der Waals surface area contributed by atoms with Crippen LogP contribution in [-0.4, -0.2) is 77.6 Å². The summed E-state index contributed by atoms with van der Waals surface area (Å²) in [5, 5.41) is 15.0. The highest BCUT2D eigenvalue weighted by atomic mass is 16.6. The van der Waals surface area contributed by atoms with Crippen molar-refractivity contribution in [2.75, 3.05) is 63.0 Å². The number of likely N-dealkylation sites (N-methyl/N-ethyl adjacent to an activating group) is 2. The number of fused-ring (bicyclic) bond motifs is 2. The molecule has 38 heavy (non-hydrogen) atoms. The molecule has 1 saturated carbocycles. The molecular formula is C26H33N9O3. The van der Waals surface area contributed by atoms with E-state index in [1.54, 1.807) is 18.1 Å². The highest BCUT2D eigenvalue weighted by molar-refractivity contribution is 5.73. The van der Waals surface area contributed by atoms with Crippen LogP contribution in [0.4, 0.5) is 34.6 Å². The molecule has 12 nitrogen and oxygen atoms in total. The van der Waals surface area contributed by atoms with Gasteiger partial charge in [-0.25, -0.2) is 4.98 Å². The average molecular weight is 520 g/mol. The van der Waals surface area contributed by atoms with Crippen LogP contribution in [0.1, 0.15) is 30.7 Å². The number of aromatic nitrogens is 4. The van der Waals surface area contributed by atoms with Crippen molar-refractivity contribution in [3.05, 3.63) is 52.0 Å². The van der Waals surface area contributed by atoms with E-state index in [1.165, 1.54) is 19.6 Å². The van der Waals surface area contributed by atoms with Crippen molar-refractivity contribution in [1.82, 2.24) is 24.8 Å². The SMILES string of the molecule is COc1nc(N(C)CCN(C)C)c([N+](=O)[O-])cc1Nc1nccc(N2CC3(CCC3)c3nc(C)ccc32)n1. The summed E-state index contributed by atoms with van der Waals surface area (Å²) in [7, 11) is 7.15. The maximum Gasteiger partial charge on any atom is 0.313 e. The monoisotopic (exact) mass is 519 g/mol. The Hall–Kier alpha value is -4.06. The number of aryl methyl sites for hydroxylation is 1. The van der Waals surface area contributed by atoms with E-state index in [1.807, 2.05) is 38.1 Å². The Labute approximate surface area is 221 Å². The summed E-state index contributed by atoms with van der Waals surface area (Å²) >= 11 is 0. The average Bonchev–Trinajstić information content (AvgIpc) is 3.22. The largest absolute Gasteiger partial charge is 0.479 e. The zero-order valence-corrected chi connectivity index (χ0v) is 22.4. The van der Waals surface area contributed by atoms with Gasteiger partial charge in [0.15, 0.2) is 0 Å². The second kappa shape index (κ2) is 10.0. The Bertz CT molecular complexity index is 1360. The number of nitrogens with one attached hydrogen (secondary N) is 1. The summed E-state index contributed by atoms with van der Waals surface area (Å²) in [4.78, 5) is 35.9. The third-order valence-electron chi connectivity index (χ3n) is 7.32. The second-order valence-electron chi connectivity index (χ2n) is 10.3. The lowest BCUT2D eigenvalue weighted by Crippen LogP contribution is -2.38. The lowest BCUT2D eigenvalue weighted by atomic mass is 9.67. The standard InChI is InChI=1S/C26H33N9O3/c1-17-7-8-19-22(28-17)26(10-6-11-26)16-34(19)21-9-12-27-25(30-21)29-18-15-20(35(36)37)23(31-24(18)38-5)33(4)14-13-32(2)3/h7-9,12,15H,6,10-11,13-14,16H2,1-5H3,(H,27,29,30). The number of hydrogen-bond acceptors (Lipinski definition) is 11. The third-order valence-corrected chi connectivity index (χ3v) is 7.32. The summed E-state index contributed by atoms with van der Waals surface area (Å²) in [6, 6.07) is 7.43. The number of hydrogen-bond donors (Lipinski definition) is 1. The maximum atomic E-state index is 11.9. The Kier molecular flexibility index (Phi) is 6.74. The Morgan fingerprint density at radius 3 is 2.61 bits per heavy atom. The predicted molar refractivity (Wildman–Crippen MR) is 146 cm³/mol. The van der Waals surface area contributed by atoms with Gasteiger partial charge in [-0.1, -0.05) is 6.42 Å². The molecule has 0 aromatic carbocycles. The molecule has 1 N–H and O–H groups in total. The van der Waals surface area contributed by atoms with Crippen molar-refractivity contribution in [2.24, 2.45) is 0 Å². The highest BCUT2D eigenvalue weighted by Gasteiger charge is 2.49. The van der Waals surface area contributed by atoms with Crippen molar-refractivity contribution in [2.45, 2.75) is 31.6 Å². The Morgan fingerprint density at radius 1 is 1.16 bits per heavy atom. The normalized spacial score (nSPS) is 15.4. The molecule has 0 radical (unpaired) electrons. The predicted octanol–water partition coefficient (Wildman–Crippen LogP) is 3.81. The van der Waals surface area contributed by atoms with E-state index >= 15 is 0 Å². The van der Waals surface area contributed by atoms with E-state index in [0.29, 0.717) is 24.7 Å². The van der Waals surface area contributed by atoms with Crippen LogP contribution in [-0.2, 0) is 5.41 Å². The molecule has 3 aromatic heterocycles. The molecule has 0 saturated heterocycles. The number of nitrogens with zero attached hydrogens (tertiary/aromatic N) is 8. The van der Waals surface area contributed by atoms with Gasteiger partial charge in [-0.3, -0.25) is 15.1 Å². The topological polar surface area (TPSA) is 126 Å². The first-order valence-corrected chi connectivity index (χ1v) is 12.7. The minimum Gasteiger partial charge on any atom is -0.479 e. The summed E-state index contributed by atoms with van der Waals surface area (Å²) < 4.78 is 5.50. The first kappa shape index (κ1) is 25.6. The molecule has 1 fully saturated rings. The van der Waals surface area contributed by atoms with Crippen LogP contribution in [0, 0.1) is 17.0 Å². The number of anilines is 5. The van der Waals surface area contributed by atoms with Gasteiger partial charge in [0.25, 0.3) is 0 Å². The van der Waals surface area contributed by atoms with Crippen LogP contribution < -0.4 is 19.9 Å². The summed E-state index contributed by atoms with van der Waals surface area (Å²) in [5.41, 5.74) is 3.48. The van der Waals surface area contributed by atoms with Crippen LogP contribution in [0.3, 0.4) is 0 Å². The fourth-order valence-electron chi connectivity index (χ4n) is 5.10. The fraction of sp³-hybridized carbons (Fsp3) is 0.462. The van der Waals surface area contributed by atoms with Crippen molar-refractivity contribution in [1.29, 1.82) is 0 Å². The number of pyridine rings is 2. The summed E-state index contributed by atoms with van der Waals surface area (Å²) in [6.45, 7) is 4.12. The summed E-state index contributed by atoms with van der Waals surface area (Å²) in [5.74, 6) is 1.48. The van der Waals surface area contributed by atoms with E-state index in [9.17, 15) is 10.1 Å². The highest BCUT2D eigenvalue weighted by Crippen LogP contribution is 2.53. The quantitative estimate of drug-likeness (QED) is 0.328. The molecule has 12 heteroatoms. The molecule has 0 atom stereocenters. The zero-order chi connectivity index (χ0) is 27.0. The van der Waals surface area contributed by atoms with Crippen LogP contribution in [0.2, 0.25) is 0 Å². The first-order chi connectivity index (χ1) is 18.2. The number of nitro groups is 1. The molecule has 0 unspecified atom stereocenters. The smallest absolute Gasteiger partial charge is 0.313 e. The van der Waals surface area contributed by atoms with Crippen LogP contribution in [0.15, 0.2) is 30.5 Å². The lowest BCUT2D eigenvalue weighted by molar-refractivity contribution is -0.384. The van der Waals surface area contributed by atoms with Crippen molar-refractivity contribution in [3.63, 3.8) is 0 Å². The second-order valence-corrected chi connectivity index (χ2v) is 10.3. The third kappa shape index (κ3) is 4.67. The molecule has 3 aromatic rings. The van der Waals surface area contributed by atoms with E-state index < -0.39 is 4.92 Å². The van der Waals surface area contributed by atoms with Crippen LogP contribution >= 0.6 is 0 Å². The van der Waals surface area contributed by atoms with Gasteiger partial charge in [0.2, 0.25) is 17.6 Å². The lowest BCUT2D eigenvalue weighted by Gasteiger charge is -2.38. The molecule has 4 heterocycles. The maximum absolute atomic E-state index is 11.9. The van der Waals surface area contributed by atoms with Gasteiger partial charge in [0.1, 0.15) is 11.5 Å². The molecule has 1 aliphatic carbocycles. The Morgan fingerprint density at radius 2 is 1.95 bits per heavy atom. The minimum absolute atomic E-state index is 0.0715. The van der Waals surface area contributed by atoms with Gasteiger partial charge in [-0.15, -0.1) is 0 Å². The molecule has 2 aliphatic rings. The minimum atomic E-state index is -0.440. The van der Waals surface area contributed by atoms with Gasteiger partial charge < -0.3 is 24.8 Å². The van der Waals surface area contributed by atoms with E-state index in [4.69, 9.17) is 14.7 Å². The molecule has 1 spiro atoms. The molecule has 200 valence electrons. The van der Waals surface area contributed by atoms with Crippen LogP contribution in [0.25, 0.3) is 0 Å². The Balaban J connectivity index is 1.45. The molecule has 0 amide bonds. The van der Waals surface area contributed by atoms with Crippen molar-refractivity contribution in [3.8, 4) is 5.88 Å². The van der Waals surface area contributed by atoms with Gasteiger partial charge >= 0.3 is 5.69 Å². The number of ether oxygens (including phenoxy) is 1. The molecule has 1 aliphatic heterocycles. The fourth-order valence-corrected chi connectivity index (χ4v) is 5.10. The molecular weight excluding hydrogens is 486 g/mol. The molecule has 5 rings (SSSR count).